The maximum absolute atomic E-state index is 12.9. The normalized spacial score (nSPS) is 11.2. The topological polar surface area (TPSA) is 72.5 Å². The summed E-state index contributed by atoms with van der Waals surface area (Å²) in [5.74, 6) is 0.284. The zero-order valence-electron chi connectivity index (χ0n) is 15.3. The lowest BCUT2D eigenvalue weighted by Crippen LogP contribution is -2.33. The molecule has 0 aliphatic heterocycles. The van der Waals surface area contributed by atoms with E-state index < -0.39 is 16.1 Å². The van der Waals surface area contributed by atoms with Crippen molar-refractivity contribution in [2.45, 2.75) is 4.90 Å². The van der Waals surface area contributed by atoms with E-state index in [4.69, 9.17) is 4.74 Å². The van der Waals surface area contributed by atoms with Gasteiger partial charge in [0, 0.05) is 10.9 Å². The lowest BCUT2D eigenvalue weighted by atomic mass is 10.1. The molecule has 0 aliphatic rings. The second-order valence-electron chi connectivity index (χ2n) is 6.33. The van der Waals surface area contributed by atoms with Crippen molar-refractivity contribution in [2.75, 3.05) is 0 Å². The first-order chi connectivity index (χ1) is 14.0. The lowest BCUT2D eigenvalue weighted by molar-refractivity contribution is 0.207. The molecule has 5 nitrogen and oxygen atoms in total. The molecule has 4 rings (SSSR count). The van der Waals surface area contributed by atoms with Crippen LogP contribution in [0.3, 0.4) is 0 Å². The quantitative estimate of drug-likeness (QED) is 0.521. The number of carbonyl (C=O) groups is 1. The third kappa shape index (κ3) is 3.97. The van der Waals surface area contributed by atoms with Gasteiger partial charge in [-0.15, -0.1) is 0 Å². The Hall–Kier alpha value is -3.64. The lowest BCUT2D eigenvalue weighted by Gasteiger charge is -2.12. The SMILES string of the molecule is O=C(NS(=O)(=O)c1ccccc1-c1ccccc1)Oc1cccc2ccccc12. The Labute approximate surface area is 168 Å². The summed E-state index contributed by atoms with van der Waals surface area (Å²) < 4.78 is 33.1. The number of nitrogens with one attached hydrogen (secondary N) is 1. The Bertz CT molecular complexity index is 1280. The van der Waals surface area contributed by atoms with Crippen molar-refractivity contribution in [3.05, 3.63) is 97.1 Å². The van der Waals surface area contributed by atoms with E-state index in [2.05, 4.69) is 0 Å². The van der Waals surface area contributed by atoms with Crippen molar-refractivity contribution < 1.29 is 17.9 Å². The number of carbonyl (C=O) groups excluding carboxylic acids is 1. The molecule has 4 aromatic rings. The van der Waals surface area contributed by atoms with Crippen LogP contribution in [-0.2, 0) is 10.0 Å². The van der Waals surface area contributed by atoms with Gasteiger partial charge in [-0.2, -0.15) is 0 Å². The van der Waals surface area contributed by atoms with Crippen LogP contribution in [0.2, 0.25) is 0 Å². The average molecular weight is 403 g/mol. The smallest absolute Gasteiger partial charge is 0.409 e. The Morgan fingerprint density at radius 2 is 1.38 bits per heavy atom. The first kappa shape index (κ1) is 18.7. The first-order valence-corrected chi connectivity index (χ1v) is 10.4. The van der Waals surface area contributed by atoms with Crippen LogP contribution < -0.4 is 9.46 Å². The monoisotopic (exact) mass is 403 g/mol. The van der Waals surface area contributed by atoms with Crippen molar-refractivity contribution in [1.82, 2.24) is 4.72 Å². The van der Waals surface area contributed by atoms with Crippen molar-refractivity contribution >= 4 is 26.9 Å². The Morgan fingerprint density at radius 1 is 0.724 bits per heavy atom. The van der Waals surface area contributed by atoms with E-state index in [1.165, 1.54) is 6.07 Å². The number of sulfonamides is 1. The van der Waals surface area contributed by atoms with Crippen molar-refractivity contribution in [1.29, 1.82) is 0 Å². The Kier molecular flexibility index (Phi) is 5.01. The van der Waals surface area contributed by atoms with Crippen LogP contribution in [0.4, 0.5) is 4.79 Å². The molecular formula is C23H17NO4S. The molecule has 0 saturated carbocycles. The molecule has 1 N–H and O–H groups in total. The van der Waals surface area contributed by atoms with Crippen LogP contribution in [0.25, 0.3) is 21.9 Å². The number of hydrogen-bond acceptors (Lipinski definition) is 4. The highest BCUT2D eigenvalue weighted by Gasteiger charge is 2.23. The molecule has 0 radical (unpaired) electrons. The molecular weight excluding hydrogens is 386 g/mol. The van der Waals surface area contributed by atoms with Crippen LogP contribution in [0.15, 0.2) is 102 Å². The van der Waals surface area contributed by atoms with Gasteiger partial charge in [-0.25, -0.2) is 17.9 Å². The second-order valence-corrected chi connectivity index (χ2v) is 7.99. The highest BCUT2D eigenvalue weighted by molar-refractivity contribution is 7.90. The molecule has 6 heteroatoms. The van der Waals surface area contributed by atoms with Gasteiger partial charge in [0.25, 0.3) is 10.0 Å². The molecule has 0 fully saturated rings. The molecule has 4 aromatic carbocycles. The maximum Gasteiger partial charge on any atom is 0.426 e. The molecule has 0 heterocycles. The summed E-state index contributed by atoms with van der Waals surface area (Å²) in [6.07, 6.45) is -1.07. The van der Waals surface area contributed by atoms with Crippen LogP contribution in [0.1, 0.15) is 0 Å². The van der Waals surface area contributed by atoms with Gasteiger partial charge in [-0.3, -0.25) is 0 Å². The minimum Gasteiger partial charge on any atom is -0.409 e. The third-order valence-electron chi connectivity index (χ3n) is 4.43. The molecule has 0 aliphatic carbocycles. The number of fused-ring (bicyclic) bond motifs is 1. The zero-order valence-corrected chi connectivity index (χ0v) is 16.1. The van der Waals surface area contributed by atoms with Gasteiger partial charge in [0.1, 0.15) is 5.75 Å². The summed E-state index contributed by atoms with van der Waals surface area (Å²) in [6.45, 7) is 0. The minimum absolute atomic E-state index is 0.000990. The second kappa shape index (κ2) is 7.77. The first-order valence-electron chi connectivity index (χ1n) is 8.91. The fraction of sp³-hybridized carbons (Fsp3) is 0. The van der Waals surface area contributed by atoms with Gasteiger partial charge >= 0.3 is 6.09 Å². The van der Waals surface area contributed by atoms with Gasteiger partial charge in [-0.05, 0) is 23.1 Å². The summed E-state index contributed by atoms with van der Waals surface area (Å²) >= 11 is 0. The van der Waals surface area contributed by atoms with E-state index in [0.29, 0.717) is 10.9 Å². The molecule has 0 unspecified atom stereocenters. The third-order valence-corrected chi connectivity index (χ3v) is 5.80. The van der Waals surface area contributed by atoms with Crippen LogP contribution in [0, 0.1) is 0 Å². The van der Waals surface area contributed by atoms with Crippen LogP contribution in [0.5, 0.6) is 5.75 Å². The van der Waals surface area contributed by atoms with Crippen molar-refractivity contribution in [3.63, 3.8) is 0 Å². The molecule has 29 heavy (non-hydrogen) atoms. The molecule has 0 spiro atoms. The van der Waals surface area contributed by atoms with Crippen LogP contribution >= 0.6 is 0 Å². The predicted octanol–water partition coefficient (Wildman–Crippen LogP) is 4.98. The van der Waals surface area contributed by atoms with E-state index in [-0.39, 0.29) is 10.6 Å². The van der Waals surface area contributed by atoms with Gasteiger partial charge < -0.3 is 4.74 Å². The Morgan fingerprint density at radius 3 is 2.21 bits per heavy atom. The number of hydrogen-bond donors (Lipinski definition) is 1. The van der Waals surface area contributed by atoms with Gasteiger partial charge in [0.15, 0.2) is 0 Å². The number of benzene rings is 4. The highest BCUT2D eigenvalue weighted by Crippen LogP contribution is 2.28. The average Bonchev–Trinajstić information content (AvgIpc) is 2.74. The fourth-order valence-corrected chi connectivity index (χ4v) is 4.23. The van der Waals surface area contributed by atoms with Gasteiger partial charge in [0.2, 0.25) is 0 Å². The number of ether oxygens (including phenoxy) is 1. The molecule has 1 amide bonds. The molecule has 0 aromatic heterocycles. The largest absolute Gasteiger partial charge is 0.426 e. The summed E-state index contributed by atoms with van der Waals surface area (Å²) in [6, 6.07) is 28.2. The molecule has 0 saturated heterocycles. The zero-order chi connectivity index (χ0) is 20.3. The number of rotatable bonds is 4. The van der Waals surface area contributed by atoms with Crippen LogP contribution in [-0.4, -0.2) is 14.5 Å². The standard InChI is InChI=1S/C23H17NO4S/c25-23(28-21-15-8-12-17-11-4-5-13-19(17)21)24-29(26,27)22-16-7-6-14-20(22)18-9-2-1-3-10-18/h1-16H,(H,24,25). The van der Waals surface area contributed by atoms with Crippen molar-refractivity contribution in [2.24, 2.45) is 0 Å². The summed E-state index contributed by atoms with van der Waals surface area (Å²) in [5.41, 5.74) is 1.23. The highest BCUT2D eigenvalue weighted by atomic mass is 32.2. The molecule has 144 valence electrons. The minimum atomic E-state index is -4.14. The molecule has 0 atom stereocenters. The van der Waals surface area contributed by atoms with Crippen molar-refractivity contribution in [3.8, 4) is 16.9 Å². The summed E-state index contributed by atoms with van der Waals surface area (Å²) in [4.78, 5) is 12.4. The van der Waals surface area contributed by atoms with Gasteiger partial charge in [-0.1, -0.05) is 84.9 Å². The van der Waals surface area contributed by atoms with E-state index in [9.17, 15) is 13.2 Å². The number of amides is 1. The summed E-state index contributed by atoms with van der Waals surface area (Å²) in [5, 5.41) is 1.60. The van der Waals surface area contributed by atoms with E-state index >= 15 is 0 Å². The predicted molar refractivity (Wildman–Crippen MR) is 112 cm³/mol. The molecule has 0 bridgehead atoms. The fourth-order valence-electron chi connectivity index (χ4n) is 3.13. The van der Waals surface area contributed by atoms with E-state index in [1.807, 2.05) is 59.3 Å². The maximum atomic E-state index is 12.9. The Balaban J connectivity index is 1.62. The van der Waals surface area contributed by atoms with Gasteiger partial charge in [0.05, 0.1) is 4.90 Å². The van der Waals surface area contributed by atoms with E-state index in [0.717, 1.165) is 10.9 Å². The summed E-state index contributed by atoms with van der Waals surface area (Å²) in [7, 11) is -4.14. The van der Waals surface area contributed by atoms with E-state index in [1.54, 1.807) is 36.4 Å².